The fraction of sp³-hybridized carbons (Fsp3) is 0.462. The van der Waals surface area contributed by atoms with Gasteiger partial charge in [0.25, 0.3) is 0 Å². The van der Waals surface area contributed by atoms with E-state index in [4.69, 9.17) is 13.0 Å². The summed E-state index contributed by atoms with van der Waals surface area (Å²) in [5, 5.41) is 3.77. The van der Waals surface area contributed by atoms with Gasteiger partial charge in [0.2, 0.25) is 5.91 Å². The molecule has 1 saturated heterocycles. The van der Waals surface area contributed by atoms with E-state index < -0.39 is 0 Å². The Hall–Kier alpha value is -1.02. The first-order chi connectivity index (χ1) is 8.15. The lowest BCUT2D eigenvalue weighted by molar-refractivity contribution is -0.123. The lowest BCUT2D eigenvalue weighted by Crippen LogP contribution is -2.45. The zero-order valence-electron chi connectivity index (χ0n) is 9.87. The molecular weight excluding hydrogens is 222 g/mol. The average molecular weight is 237 g/mol. The van der Waals surface area contributed by atoms with E-state index >= 15 is 0 Å². The van der Waals surface area contributed by atoms with Gasteiger partial charge in [0.15, 0.2) is 0 Å². The molecule has 1 N–H and O–H groups in total. The Morgan fingerprint density at radius 3 is 3.19 bits per heavy atom. The van der Waals surface area contributed by atoms with Crippen LogP contribution in [0, 0.1) is 0 Å². The Morgan fingerprint density at radius 1 is 1.44 bits per heavy atom. The molecule has 84 valence electrons. The SMILES string of the molecule is [2H]C1CC(=O)NC2CCc3cc(Cl)ccc3C12. The molecule has 0 spiro atoms. The van der Waals surface area contributed by atoms with E-state index in [0.717, 1.165) is 17.9 Å². The van der Waals surface area contributed by atoms with Crippen molar-refractivity contribution >= 4 is 17.5 Å². The van der Waals surface area contributed by atoms with E-state index in [9.17, 15) is 4.79 Å². The molecule has 0 bridgehead atoms. The zero-order chi connectivity index (χ0) is 12.0. The Kier molecular flexibility index (Phi) is 2.14. The summed E-state index contributed by atoms with van der Waals surface area (Å²) >= 11 is 5.99. The molecule has 1 aliphatic carbocycles. The Labute approximate surface area is 101 Å². The van der Waals surface area contributed by atoms with E-state index in [0.29, 0.717) is 6.42 Å². The van der Waals surface area contributed by atoms with Crippen LogP contribution in [0.1, 0.15) is 37.7 Å². The van der Waals surface area contributed by atoms with Crippen LogP contribution in [0.5, 0.6) is 0 Å². The first-order valence-corrected chi connectivity index (χ1v) is 6.03. The van der Waals surface area contributed by atoms with Crippen LogP contribution in [-0.4, -0.2) is 11.9 Å². The fourth-order valence-corrected chi connectivity index (χ4v) is 2.97. The largest absolute Gasteiger partial charge is 0.353 e. The van der Waals surface area contributed by atoms with Crippen LogP contribution in [-0.2, 0) is 11.2 Å². The van der Waals surface area contributed by atoms with Crippen molar-refractivity contribution in [3.63, 3.8) is 0 Å². The number of aryl methyl sites for hydroxylation is 1. The second-order valence-electron chi connectivity index (χ2n) is 4.52. The predicted octanol–water partition coefficient (Wildman–Crippen LogP) is 2.65. The number of carbonyl (C=O) groups excluding carboxylic acids is 1. The van der Waals surface area contributed by atoms with Crippen LogP contribution in [0.3, 0.4) is 0 Å². The van der Waals surface area contributed by atoms with Crippen LogP contribution in [0.25, 0.3) is 0 Å². The summed E-state index contributed by atoms with van der Waals surface area (Å²) in [6, 6.07) is 6.03. The fourth-order valence-electron chi connectivity index (χ4n) is 2.78. The highest BCUT2D eigenvalue weighted by molar-refractivity contribution is 6.30. The van der Waals surface area contributed by atoms with Crippen molar-refractivity contribution in [2.45, 2.75) is 37.6 Å². The molecule has 1 fully saturated rings. The van der Waals surface area contributed by atoms with Crippen LogP contribution >= 0.6 is 11.6 Å². The van der Waals surface area contributed by atoms with E-state index in [1.165, 1.54) is 11.1 Å². The van der Waals surface area contributed by atoms with E-state index in [1.54, 1.807) is 0 Å². The van der Waals surface area contributed by atoms with Gasteiger partial charge >= 0.3 is 0 Å². The van der Waals surface area contributed by atoms with E-state index in [-0.39, 0.29) is 24.3 Å². The highest BCUT2D eigenvalue weighted by Crippen LogP contribution is 2.38. The summed E-state index contributed by atoms with van der Waals surface area (Å²) in [4.78, 5) is 11.4. The monoisotopic (exact) mass is 236 g/mol. The molecule has 3 unspecified atom stereocenters. The van der Waals surface area contributed by atoms with Crippen molar-refractivity contribution in [2.75, 3.05) is 0 Å². The molecule has 2 nitrogen and oxygen atoms in total. The molecule has 3 atom stereocenters. The summed E-state index contributed by atoms with van der Waals surface area (Å²) in [5.74, 6) is 0.150. The maximum absolute atomic E-state index is 11.4. The Balaban J connectivity index is 2.02. The standard InChI is InChI=1S/C13H14ClNO/c14-9-2-3-10-8(7-9)1-5-12-11(10)4-6-13(16)15-12/h2-3,7,11-12H,1,4-6H2,(H,15,16)/i4D. The maximum Gasteiger partial charge on any atom is 0.220 e. The smallest absolute Gasteiger partial charge is 0.220 e. The molecule has 1 aliphatic heterocycles. The van der Waals surface area contributed by atoms with Gasteiger partial charge in [-0.3, -0.25) is 4.79 Å². The number of amides is 1. The van der Waals surface area contributed by atoms with Crippen molar-refractivity contribution in [1.29, 1.82) is 0 Å². The number of rotatable bonds is 0. The van der Waals surface area contributed by atoms with E-state index in [2.05, 4.69) is 5.32 Å². The van der Waals surface area contributed by atoms with Crippen LogP contribution in [0.15, 0.2) is 18.2 Å². The first-order valence-electron chi connectivity index (χ1n) is 6.23. The molecule has 0 saturated carbocycles. The highest BCUT2D eigenvalue weighted by Gasteiger charge is 2.33. The number of nitrogens with one attached hydrogen (secondary N) is 1. The van der Waals surface area contributed by atoms with E-state index in [1.807, 2.05) is 18.2 Å². The summed E-state index contributed by atoms with van der Waals surface area (Å²) in [6.45, 7) is 0. The third-order valence-corrected chi connectivity index (χ3v) is 3.76. The minimum Gasteiger partial charge on any atom is -0.353 e. The van der Waals surface area contributed by atoms with Crippen LogP contribution in [0.4, 0.5) is 0 Å². The summed E-state index contributed by atoms with van der Waals surface area (Å²) in [6.07, 6.45) is 1.83. The molecule has 1 aromatic rings. The molecule has 1 aromatic carbocycles. The highest BCUT2D eigenvalue weighted by atomic mass is 35.5. The van der Waals surface area contributed by atoms with Crippen molar-refractivity contribution in [1.82, 2.24) is 5.32 Å². The van der Waals surface area contributed by atoms with Crippen molar-refractivity contribution in [3.05, 3.63) is 34.3 Å². The molecule has 1 heterocycles. The Bertz CT molecular complexity index is 476. The van der Waals surface area contributed by atoms with Gasteiger partial charge < -0.3 is 5.32 Å². The van der Waals surface area contributed by atoms with Gasteiger partial charge in [-0.15, -0.1) is 0 Å². The van der Waals surface area contributed by atoms with Gasteiger partial charge in [0.1, 0.15) is 0 Å². The molecule has 3 rings (SSSR count). The van der Waals surface area contributed by atoms with Gasteiger partial charge in [-0.25, -0.2) is 0 Å². The van der Waals surface area contributed by atoms with Gasteiger partial charge in [0.05, 0.1) is 0 Å². The quantitative estimate of drug-likeness (QED) is 0.737. The normalized spacial score (nSPS) is 33.4. The third kappa shape index (κ3) is 1.61. The summed E-state index contributed by atoms with van der Waals surface area (Å²) in [5.41, 5.74) is 2.44. The van der Waals surface area contributed by atoms with Crippen LogP contribution in [0.2, 0.25) is 5.02 Å². The third-order valence-electron chi connectivity index (χ3n) is 3.53. The maximum atomic E-state index is 11.4. The van der Waals surface area contributed by atoms with Gasteiger partial charge in [-0.1, -0.05) is 17.7 Å². The minimum absolute atomic E-state index is 0.0173. The van der Waals surface area contributed by atoms with Gasteiger partial charge in [-0.05, 0) is 42.5 Å². The molecule has 3 heteroatoms. The Morgan fingerprint density at radius 2 is 2.31 bits per heavy atom. The second-order valence-corrected chi connectivity index (χ2v) is 4.96. The number of piperidine rings is 1. The number of fused-ring (bicyclic) bond motifs is 3. The van der Waals surface area contributed by atoms with Gasteiger partial charge in [-0.2, -0.15) is 0 Å². The lowest BCUT2D eigenvalue weighted by atomic mass is 9.75. The zero-order valence-corrected chi connectivity index (χ0v) is 9.63. The molecule has 0 radical (unpaired) electrons. The van der Waals surface area contributed by atoms with Crippen molar-refractivity contribution in [3.8, 4) is 0 Å². The summed E-state index contributed by atoms with van der Waals surface area (Å²) in [7, 11) is 0. The number of benzene rings is 1. The van der Waals surface area contributed by atoms with Crippen LogP contribution < -0.4 is 5.32 Å². The molecule has 16 heavy (non-hydrogen) atoms. The number of carbonyl (C=O) groups is 1. The molecule has 2 aliphatic rings. The first kappa shape index (κ1) is 9.06. The topological polar surface area (TPSA) is 29.1 Å². The average Bonchev–Trinajstić information content (AvgIpc) is 2.28. The number of halogens is 1. The number of hydrogen-bond acceptors (Lipinski definition) is 1. The van der Waals surface area contributed by atoms with Crippen molar-refractivity contribution in [2.24, 2.45) is 0 Å². The second kappa shape index (κ2) is 3.77. The summed E-state index contributed by atoms with van der Waals surface area (Å²) < 4.78 is 8.12. The molecule has 1 amide bonds. The predicted molar refractivity (Wildman–Crippen MR) is 63.7 cm³/mol. The molecular formula is C13H14ClNO. The number of hydrogen-bond donors (Lipinski definition) is 1. The minimum atomic E-state index is -0.325. The van der Waals surface area contributed by atoms with Crippen molar-refractivity contribution < 1.29 is 6.17 Å². The molecule has 0 aromatic heterocycles. The van der Waals surface area contributed by atoms with Gasteiger partial charge in [0, 0.05) is 24.8 Å². The lowest BCUT2D eigenvalue weighted by Gasteiger charge is -2.37.